The van der Waals surface area contributed by atoms with Crippen molar-refractivity contribution in [2.24, 2.45) is 0 Å². The number of aromatic nitrogens is 1. The Labute approximate surface area is 143 Å². The molecule has 24 heavy (non-hydrogen) atoms. The van der Waals surface area contributed by atoms with Crippen LogP contribution in [0, 0.1) is 0 Å². The number of nitrogens with one attached hydrogen (secondary N) is 1. The number of anilines is 1. The topological polar surface area (TPSA) is 54.5 Å². The van der Waals surface area contributed by atoms with Gasteiger partial charge in [0.15, 0.2) is 0 Å². The molecular formula is C19H25N3O2. The van der Waals surface area contributed by atoms with Crippen LogP contribution in [0.4, 0.5) is 10.5 Å². The van der Waals surface area contributed by atoms with Gasteiger partial charge in [-0.3, -0.25) is 4.98 Å². The number of methoxy groups -OCH3 is 1. The first kappa shape index (κ1) is 16.6. The van der Waals surface area contributed by atoms with E-state index in [1.54, 1.807) is 4.90 Å². The summed E-state index contributed by atoms with van der Waals surface area (Å²) >= 11 is 0. The molecular weight excluding hydrogens is 302 g/mol. The maximum atomic E-state index is 11.6. The SMILES string of the molecule is CCCc1cc(NC2CCN(C(=O)OC)CC2)c2ccccc2n1. The molecule has 1 aliphatic rings. The van der Waals surface area contributed by atoms with E-state index in [0.717, 1.165) is 61.1 Å². The highest BCUT2D eigenvalue weighted by Crippen LogP contribution is 2.26. The molecule has 1 amide bonds. The fourth-order valence-corrected chi connectivity index (χ4v) is 3.29. The average molecular weight is 327 g/mol. The Morgan fingerprint density at radius 1 is 1.33 bits per heavy atom. The number of likely N-dealkylation sites (tertiary alicyclic amines) is 1. The van der Waals surface area contributed by atoms with E-state index >= 15 is 0 Å². The number of carbonyl (C=O) groups excluding carboxylic acids is 1. The summed E-state index contributed by atoms with van der Waals surface area (Å²) in [5, 5.41) is 4.84. The van der Waals surface area contributed by atoms with Crippen molar-refractivity contribution in [3.8, 4) is 0 Å². The van der Waals surface area contributed by atoms with Crippen molar-refractivity contribution in [2.45, 2.75) is 38.6 Å². The number of hydrogen-bond donors (Lipinski definition) is 1. The second-order valence-corrected chi connectivity index (χ2v) is 6.30. The van der Waals surface area contributed by atoms with Crippen molar-refractivity contribution in [2.75, 3.05) is 25.5 Å². The fraction of sp³-hybridized carbons (Fsp3) is 0.474. The van der Waals surface area contributed by atoms with E-state index in [1.165, 1.54) is 7.11 Å². The standard InChI is InChI=1S/C19H25N3O2/c1-3-6-15-13-18(16-7-4-5-8-17(16)21-15)20-14-9-11-22(12-10-14)19(23)24-2/h4-5,7-8,13-14H,3,6,9-12H2,1-2H3,(H,20,21). The van der Waals surface area contributed by atoms with Crippen LogP contribution >= 0.6 is 0 Å². The Balaban J connectivity index is 1.76. The van der Waals surface area contributed by atoms with Crippen LogP contribution in [0.1, 0.15) is 31.9 Å². The predicted molar refractivity (Wildman–Crippen MR) is 96.4 cm³/mol. The second-order valence-electron chi connectivity index (χ2n) is 6.30. The number of carbonyl (C=O) groups is 1. The van der Waals surface area contributed by atoms with Gasteiger partial charge in [-0.2, -0.15) is 0 Å². The number of pyridine rings is 1. The quantitative estimate of drug-likeness (QED) is 0.927. The van der Waals surface area contributed by atoms with E-state index in [-0.39, 0.29) is 6.09 Å². The first-order valence-corrected chi connectivity index (χ1v) is 8.69. The Hall–Kier alpha value is -2.30. The average Bonchev–Trinajstić information content (AvgIpc) is 2.62. The number of ether oxygens (including phenoxy) is 1. The maximum absolute atomic E-state index is 11.6. The van der Waals surface area contributed by atoms with E-state index in [9.17, 15) is 4.79 Å². The zero-order valence-corrected chi connectivity index (χ0v) is 14.4. The van der Waals surface area contributed by atoms with Crippen LogP contribution in [0.3, 0.4) is 0 Å². The van der Waals surface area contributed by atoms with Gasteiger partial charge in [0.05, 0.1) is 12.6 Å². The summed E-state index contributed by atoms with van der Waals surface area (Å²) in [5.41, 5.74) is 3.32. The molecule has 1 N–H and O–H groups in total. The van der Waals surface area contributed by atoms with Gasteiger partial charge in [-0.15, -0.1) is 0 Å². The molecule has 2 heterocycles. The minimum atomic E-state index is -0.229. The van der Waals surface area contributed by atoms with E-state index in [0.29, 0.717) is 6.04 Å². The third-order valence-electron chi connectivity index (χ3n) is 4.56. The normalized spacial score (nSPS) is 15.5. The third kappa shape index (κ3) is 3.61. The number of aryl methyl sites for hydroxylation is 1. The number of piperidine rings is 1. The lowest BCUT2D eigenvalue weighted by Gasteiger charge is -2.32. The molecule has 0 saturated carbocycles. The number of hydrogen-bond acceptors (Lipinski definition) is 4. The monoisotopic (exact) mass is 327 g/mol. The van der Waals surface area contributed by atoms with Gasteiger partial charge < -0.3 is 15.0 Å². The van der Waals surface area contributed by atoms with Crippen molar-refractivity contribution < 1.29 is 9.53 Å². The largest absolute Gasteiger partial charge is 0.453 e. The summed E-state index contributed by atoms with van der Waals surface area (Å²) in [6.07, 6.45) is 3.69. The molecule has 0 atom stereocenters. The van der Waals surface area contributed by atoms with E-state index < -0.39 is 0 Å². The van der Waals surface area contributed by atoms with Crippen molar-refractivity contribution in [3.05, 3.63) is 36.0 Å². The van der Waals surface area contributed by atoms with Crippen LogP contribution in [0.5, 0.6) is 0 Å². The van der Waals surface area contributed by atoms with E-state index in [4.69, 9.17) is 9.72 Å². The molecule has 1 aromatic carbocycles. The van der Waals surface area contributed by atoms with Crippen molar-refractivity contribution >= 4 is 22.7 Å². The molecule has 128 valence electrons. The Morgan fingerprint density at radius 3 is 2.79 bits per heavy atom. The highest BCUT2D eigenvalue weighted by molar-refractivity contribution is 5.91. The van der Waals surface area contributed by atoms with Gasteiger partial charge >= 0.3 is 6.09 Å². The zero-order chi connectivity index (χ0) is 16.9. The minimum absolute atomic E-state index is 0.229. The predicted octanol–water partition coefficient (Wildman–Crippen LogP) is 3.83. The highest BCUT2D eigenvalue weighted by Gasteiger charge is 2.23. The number of rotatable bonds is 4. The third-order valence-corrected chi connectivity index (χ3v) is 4.56. The van der Waals surface area contributed by atoms with Gasteiger partial charge in [-0.1, -0.05) is 31.5 Å². The molecule has 3 rings (SSSR count). The minimum Gasteiger partial charge on any atom is -0.453 e. The van der Waals surface area contributed by atoms with Crippen molar-refractivity contribution in [3.63, 3.8) is 0 Å². The molecule has 0 unspecified atom stereocenters. The molecule has 0 bridgehead atoms. The molecule has 0 radical (unpaired) electrons. The highest BCUT2D eigenvalue weighted by atomic mass is 16.5. The second kappa shape index (κ2) is 7.51. The Bertz CT molecular complexity index is 709. The fourth-order valence-electron chi connectivity index (χ4n) is 3.29. The number of amides is 1. The number of benzene rings is 1. The van der Waals surface area contributed by atoms with E-state index in [2.05, 4.69) is 36.5 Å². The first-order chi connectivity index (χ1) is 11.7. The summed E-state index contributed by atoms with van der Waals surface area (Å²) in [5.74, 6) is 0. The number of para-hydroxylation sites is 1. The molecule has 2 aromatic rings. The summed E-state index contributed by atoms with van der Waals surface area (Å²) in [6, 6.07) is 10.8. The van der Waals surface area contributed by atoms with Gasteiger partial charge in [0, 0.05) is 35.9 Å². The van der Waals surface area contributed by atoms with Crippen LogP contribution in [0.25, 0.3) is 10.9 Å². The van der Waals surface area contributed by atoms with Crippen LogP contribution in [-0.2, 0) is 11.2 Å². The lowest BCUT2D eigenvalue weighted by atomic mass is 10.0. The Kier molecular flexibility index (Phi) is 5.18. The molecule has 1 aliphatic heterocycles. The summed E-state index contributed by atoms with van der Waals surface area (Å²) < 4.78 is 4.80. The molecule has 1 fully saturated rings. The van der Waals surface area contributed by atoms with Gasteiger partial charge in [0.25, 0.3) is 0 Å². The van der Waals surface area contributed by atoms with Gasteiger partial charge in [-0.25, -0.2) is 4.79 Å². The summed E-state index contributed by atoms with van der Waals surface area (Å²) in [6.45, 7) is 3.64. The molecule has 5 nitrogen and oxygen atoms in total. The molecule has 0 spiro atoms. The van der Waals surface area contributed by atoms with E-state index in [1.807, 2.05) is 6.07 Å². The summed E-state index contributed by atoms with van der Waals surface area (Å²) in [4.78, 5) is 18.1. The lowest BCUT2D eigenvalue weighted by Crippen LogP contribution is -2.42. The molecule has 0 aliphatic carbocycles. The van der Waals surface area contributed by atoms with Crippen LogP contribution in [0.15, 0.2) is 30.3 Å². The van der Waals surface area contributed by atoms with Crippen molar-refractivity contribution in [1.82, 2.24) is 9.88 Å². The van der Waals surface area contributed by atoms with Crippen LogP contribution < -0.4 is 5.32 Å². The molecule has 5 heteroatoms. The van der Waals surface area contributed by atoms with Gasteiger partial charge in [-0.05, 0) is 31.4 Å². The van der Waals surface area contributed by atoms with Gasteiger partial charge in [0.1, 0.15) is 0 Å². The van der Waals surface area contributed by atoms with Crippen LogP contribution in [-0.4, -0.2) is 42.2 Å². The molecule has 1 aromatic heterocycles. The van der Waals surface area contributed by atoms with Crippen LogP contribution in [0.2, 0.25) is 0 Å². The number of nitrogens with zero attached hydrogens (tertiary/aromatic N) is 2. The maximum Gasteiger partial charge on any atom is 0.409 e. The zero-order valence-electron chi connectivity index (χ0n) is 14.4. The van der Waals surface area contributed by atoms with Gasteiger partial charge in [0.2, 0.25) is 0 Å². The number of fused-ring (bicyclic) bond motifs is 1. The summed E-state index contributed by atoms with van der Waals surface area (Å²) in [7, 11) is 1.44. The lowest BCUT2D eigenvalue weighted by molar-refractivity contribution is 0.113. The Morgan fingerprint density at radius 2 is 2.08 bits per heavy atom. The molecule has 1 saturated heterocycles. The van der Waals surface area contributed by atoms with Crippen molar-refractivity contribution in [1.29, 1.82) is 0 Å². The smallest absolute Gasteiger partial charge is 0.409 e. The first-order valence-electron chi connectivity index (χ1n) is 8.69.